The third-order valence-corrected chi connectivity index (χ3v) is 4.22. The van der Waals surface area contributed by atoms with Gasteiger partial charge in [0.15, 0.2) is 0 Å². The maximum absolute atomic E-state index is 11.9. The first-order valence-electron chi connectivity index (χ1n) is 5.94. The number of aromatic nitrogens is 2. The third kappa shape index (κ3) is 2.81. The summed E-state index contributed by atoms with van der Waals surface area (Å²) < 4.78 is 12.2. The Morgan fingerprint density at radius 3 is 2.95 bits per heavy atom. The van der Waals surface area contributed by atoms with Crippen molar-refractivity contribution < 1.29 is 39.6 Å². The number of hydrogen-bond acceptors (Lipinski definition) is 7. The zero-order chi connectivity index (χ0) is 14.9. The van der Waals surface area contributed by atoms with Gasteiger partial charge in [-0.3, -0.25) is 0 Å². The summed E-state index contributed by atoms with van der Waals surface area (Å²) in [5.41, 5.74) is 5.56. The van der Waals surface area contributed by atoms with E-state index in [0.29, 0.717) is 5.56 Å². The van der Waals surface area contributed by atoms with Crippen molar-refractivity contribution in [3.8, 4) is 0 Å². The van der Waals surface area contributed by atoms with E-state index < -0.39 is 51.8 Å². The van der Waals surface area contributed by atoms with Gasteiger partial charge in [-0.15, -0.1) is 0 Å². The molecule has 114 valence electrons. The van der Waals surface area contributed by atoms with Gasteiger partial charge in [0.25, 0.3) is 0 Å². The summed E-state index contributed by atoms with van der Waals surface area (Å²) in [4.78, 5) is 17.4. The molecule has 0 aromatic carbocycles. The summed E-state index contributed by atoms with van der Waals surface area (Å²) >= 11 is -0.549. The first kappa shape index (κ1) is 15.6. The fourth-order valence-electron chi connectivity index (χ4n) is 2.07. The molecular formula is C11H17IN3O5-. The number of aliphatic hydroxyl groups is 2. The first-order valence-corrected chi connectivity index (χ1v) is 8.98. The molecule has 4 N–H and O–H groups in total. The van der Waals surface area contributed by atoms with Crippen molar-refractivity contribution in [2.75, 3.05) is 17.3 Å². The predicted octanol–water partition coefficient (Wildman–Crippen LogP) is -4.60. The van der Waals surface area contributed by atoms with Gasteiger partial charge in [-0.05, 0) is 0 Å². The van der Waals surface area contributed by atoms with Crippen LogP contribution in [0.2, 0.25) is 0 Å². The van der Waals surface area contributed by atoms with Crippen molar-refractivity contribution >= 4 is 5.82 Å². The Morgan fingerprint density at radius 2 is 2.35 bits per heavy atom. The van der Waals surface area contributed by atoms with Crippen molar-refractivity contribution in [3.63, 3.8) is 0 Å². The molecule has 1 aliphatic heterocycles. The van der Waals surface area contributed by atoms with E-state index in [4.69, 9.17) is 13.5 Å². The second-order valence-electron chi connectivity index (χ2n) is 4.45. The Hall–Kier alpha value is -0.750. The zero-order valence-electron chi connectivity index (χ0n) is 11.1. The molecule has 1 aromatic rings. The fourth-order valence-corrected chi connectivity index (χ4v) is 3.29. The summed E-state index contributed by atoms with van der Waals surface area (Å²) in [5.74, 6) is 0.143. The number of aliphatic hydroxyl groups excluding tert-OH is 2. The van der Waals surface area contributed by atoms with Crippen LogP contribution in [-0.2, 0) is 7.80 Å². The van der Waals surface area contributed by atoms with Gasteiger partial charge in [-0.2, -0.15) is 0 Å². The molecule has 1 aromatic heterocycles. The third-order valence-electron chi connectivity index (χ3n) is 3.13. The predicted molar refractivity (Wildman–Crippen MR) is 65.4 cm³/mol. The van der Waals surface area contributed by atoms with Gasteiger partial charge >= 0.3 is 126 Å². The normalized spacial score (nSPS) is 30.0. The quantitative estimate of drug-likeness (QED) is 0.345. The maximum atomic E-state index is 11.9. The van der Waals surface area contributed by atoms with E-state index in [1.54, 1.807) is 6.92 Å². The second kappa shape index (κ2) is 6.35. The molecule has 0 amide bonds. The molecule has 2 rings (SSSR count). The van der Waals surface area contributed by atoms with Crippen LogP contribution in [0, 0.1) is 6.92 Å². The van der Waals surface area contributed by atoms with E-state index in [1.807, 2.05) is 4.93 Å². The molecule has 1 aliphatic rings. The van der Waals surface area contributed by atoms with E-state index in [9.17, 15) is 15.0 Å². The number of anilines is 1. The average molecular weight is 398 g/mol. The Morgan fingerprint density at radius 1 is 1.65 bits per heavy atom. The van der Waals surface area contributed by atoms with Crippen molar-refractivity contribution in [1.29, 1.82) is 0 Å². The summed E-state index contributed by atoms with van der Waals surface area (Å²) in [5, 5.41) is 19.5. The summed E-state index contributed by atoms with van der Waals surface area (Å²) in [6, 6.07) is 0. The van der Waals surface area contributed by atoms with Crippen LogP contribution in [-0.4, -0.2) is 49.6 Å². The summed E-state index contributed by atoms with van der Waals surface area (Å²) in [6.45, 7) is 1.41. The number of nitrogen functional groups attached to an aromatic ring is 1. The Bertz CT molecular complexity index is 537. The fraction of sp³-hybridized carbons (Fsp3) is 0.636. The Labute approximate surface area is 126 Å². The topological polar surface area (TPSA) is 120 Å². The molecule has 0 radical (unpaired) electrons. The van der Waals surface area contributed by atoms with Crippen LogP contribution in [0.25, 0.3) is 0 Å². The number of rotatable bonds is 4. The van der Waals surface area contributed by atoms with Crippen LogP contribution in [0.5, 0.6) is 0 Å². The number of ether oxygens (including phenoxy) is 1. The van der Waals surface area contributed by atoms with Crippen LogP contribution in [0.1, 0.15) is 11.8 Å². The number of halogens is 1. The molecule has 4 atom stereocenters. The van der Waals surface area contributed by atoms with Gasteiger partial charge in [-0.1, -0.05) is 0 Å². The van der Waals surface area contributed by atoms with Gasteiger partial charge in [-0.25, -0.2) is 0 Å². The van der Waals surface area contributed by atoms with Crippen molar-refractivity contribution in [3.05, 3.63) is 22.2 Å². The molecule has 0 spiro atoms. The SMILES string of the molecule is C[I-]OC1C(O)[C@H](n2cc(C)c(N)nc2=O)O[C@@H]1CO. The molecule has 2 heterocycles. The molecule has 20 heavy (non-hydrogen) atoms. The molecule has 8 nitrogen and oxygen atoms in total. The molecule has 2 unspecified atom stereocenters. The molecule has 1 fully saturated rings. The van der Waals surface area contributed by atoms with Crippen LogP contribution >= 0.6 is 0 Å². The minimum absolute atomic E-state index is 0.143. The van der Waals surface area contributed by atoms with Gasteiger partial charge < -0.3 is 0 Å². The van der Waals surface area contributed by atoms with Crippen molar-refractivity contribution in [1.82, 2.24) is 9.55 Å². The number of nitrogens with zero attached hydrogens (tertiary/aromatic N) is 2. The summed E-state index contributed by atoms with van der Waals surface area (Å²) in [7, 11) is 0. The number of hydrogen-bond donors (Lipinski definition) is 3. The van der Waals surface area contributed by atoms with E-state index in [1.165, 1.54) is 10.8 Å². The number of nitrogens with two attached hydrogens (primary N) is 1. The molecule has 9 heteroatoms. The van der Waals surface area contributed by atoms with Gasteiger partial charge in [0, 0.05) is 0 Å². The number of aryl methyl sites for hydroxylation is 1. The van der Waals surface area contributed by atoms with E-state index in [-0.39, 0.29) is 12.4 Å². The van der Waals surface area contributed by atoms with Crippen LogP contribution in [0.15, 0.2) is 11.0 Å². The Kier molecular flexibility index (Phi) is 4.96. The van der Waals surface area contributed by atoms with Gasteiger partial charge in [0.2, 0.25) is 0 Å². The van der Waals surface area contributed by atoms with Crippen LogP contribution in [0.3, 0.4) is 0 Å². The van der Waals surface area contributed by atoms with E-state index in [2.05, 4.69) is 4.98 Å². The molecule has 1 saturated heterocycles. The summed E-state index contributed by atoms with van der Waals surface area (Å²) in [6.07, 6.45) is -1.82. The Balaban J connectivity index is 2.34. The number of alkyl halides is 1. The van der Waals surface area contributed by atoms with Crippen LogP contribution < -0.4 is 33.0 Å². The standard InChI is InChI=1S/C11H17IN3O5/c1-5-3-15(11(18)14-9(5)13)10-7(17)8(20-12-2)6(4-16)19-10/h3,6-8,10,16-17H,4H2,1-2H3,(H2,13,14,18)/q-1/t6-,7?,8?,10-/m1/s1. The van der Waals surface area contributed by atoms with Crippen molar-refractivity contribution in [2.45, 2.75) is 31.5 Å². The first-order chi connectivity index (χ1) is 9.49. The monoisotopic (exact) mass is 398 g/mol. The van der Waals surface area contributed by atoms with E-state index in [0.717, 1.165) is 0 Å². The molecule has 0 bridgehead atoms. The van der Waals surface area contributed by atoms with Gasteiger partial charge in [0.05, 0.1) is 0 Å². The van der Waals surface area contributed by atoms with Gasteiger partial charge in [0.1, 0.15) is 0 Å². The van der Waals surface area contributed by atoms with Crippen LogP contribution in [0.4, 0.5) is 5.82 Å². The van der Waals surface area contributed by atoms with E-state index >= 15 is 0 Å². The molecule has 0 saturated carbocycles. The second-order valence-corrected chi connectivity index (χ2v) is 5.83. The van der Waals surface area contributed by atoms with Crippen molar-refractivity contribution in [2.24, 2.45) is 0 Å². The average Bonchev–Trinajstić information content (AvgIpc) is 2.72. The minimum atomic E-state index is -1.05. The molecular weight excluding hydrogens is 381 g/mol. The zero-order valence-corrected chi connectivity index (χ0v) is 13.2. The molecule has 0 aliphatic carbocycles.